The number of aryl methyl sites for hydroxylation is 1. The Balaban J connectivity index is 1.60. The lowest BCUT2D eigenvalue weighted by Gasteiger charge is -2.11. The monoisotopic (exact) mass is 421 g/mol. The third-order valence-corrected chi connectivity index (χ3v) is 5.31. The zero-order valence-corrected chi connectivity index (χ0v) is 18.4. The molecule has 0 atom stereocenters. The van der Waals surface area contributed by atoms with Crippen LogP contribution in [0.5, 0.6) is 5.75 Å². The molecule has 0 spiro atoms. The van der Waals surface area contributed by atoms with Crippen molar-refractivity contribution in [2.75, 3.05) is 13.7 Å². The van der Waals surface area contributed by atoms with Crippen LogP contribution in [0.3, 0.4) is 0 Å². The van der Waals surface area contributed by atoms with E-state index in [1.54, 1.807) is 18.7 Å². The van der Waals surface area contributed by atoms with Crippen molar-refractivity contribution < 1.29 is 14.3 Å². The Labute approximate surface area is 181 Å². The van der Waals surface area contributed by atoms with E-state index in [9.17, 15) is 9.59 Å². The quantitative estimate of drug-likeness (QED) is 0.695. The molecule has 0 fully saturated rings. The standard InChI is InChI=1S/C23H27N5O3/c1-14-15(2)25-23(26-22(14)30)28-17(4)19(16(3)27-28)10-11-21(29)24-13-12-18-8-6-7-9-20(18)31-5/h6-9H,1,10-13H2,2-5H3,(H,24,29). The number of amides is 2. The average molecular weight is 422 g/mol. The van der Waals surface area contributed by atoms with Crippen LogP contribution >= 0.6 is 0 Å². The highest BCUT2D eigenvalue weighted by Gasteiger charge is 2.22. The van der Waals surface area contributed by atoms with Crippen molar-refractivity contribution in [3.63, 3.8) is 0 Å². The first-order valence-electron chi connectivity index (χ1n) is 10.1. The van der Waals surface area contributed by atoms with Crippen LogP contribution < -0.4 is 10.1 Å². The lowest BCUT2D eigenvalue weighted by Crippen LogP contribution is -2.26. The molecule has 1 aromatic carbocycles. The third-order valence-electron chi connectivity index (χ3n) is 5.31. The molecule has 31 heavy (non-hydrogen) atoms. The van der Waals surface area contributed by atoms with Crippen molar-refractivity contribution >= 4 is 23.5 Å². The first-order chi connectivity index (χ1) is 14.8. The molecule has 0 bridgehead atoms. The average Bonchev–Trinajstić information content (AvgIpc) is 3.04. The maximum absolute atomic E-state index is 12.3. The fourth-order valence-electron chi connectivity index (χ4n) is 3.45. The Kier molecular flexibility index (Phi) is 6.79. The predicted octanol–water partition coefficient (Wildman–Crippen LogP) is 2.56. The van der Waals surface area contributed by atoms with Crippen molar-refractivity contribution in [1.29, 1.82) is 0 Å². The fourth-order valence-corrected chi connectivity index (χ4v) is 3.45. The first kappa shape index (κ1) is 22.1. The summed E-state index contributed by atoms with van der Waals surface area (Å²) in [6, 6.07) is 7.77. The Morgan fingerprint density at radius 2 is 1.90 bits per heavy atom. The fraction of sp³-hybridized carbons (Fsp3) is 0.348. The molecule has 1 aliphatic heterocycles. The number of carbonyl (C=O) groups excluding carboxylic acids is 2. The van der Waals surface area contributed by atoms with Crippen LogP contribution in [0.2, 0.25) is 0 Å². The molecule has 0 aliphatic carbocycles. The number of aromatic nitrogens is 2. The van der Waals surface area contributed by atoms with Crippen LogP contribution in [0.1, 0.15) is 35.9 Å². The number of carbonyl (C=O) groups is 2. The molecular weight excluding hydrogens is 394 g/mol. The maximum atomic E-state index is 12.3. The molecule has 2 amide bonds. The summed E-state index contributed by atoms with van der Waals surface area (Å²) in [6.45, 7) is 9.70. The Morgan fingerprint density at radius 1 is 1.16 bits per heavy atom. The van der Waals surface area contributed by atoms with E-state index in [4.69, 9.17) is 4.74 Å². The number of nitrogens with zero attached hydrogens (tertiary/aromatic N) is 4. The van der Waals surface area contributed by atoms with Crippen LogP contribution in [-0.4, -0.2) is 46.9 Å². The molecule has 0 unspecified atom stereocenters. The number of rotatable bonds is 7. The molecule has 0 saturated carbocycles. The minimum absolute atomic E-state index is 0.0307. The number of nitrogens with one attached hydrogen (secondary N) is 1. The summed E-state index contributed by atoms with van der Waals surface area (Å²) in [6.07, 6.45) is 1.57. The third kappa shape index (κ3) is 4.96. The first-order valence-corrected chi connectivity index (χ1v) is 10.1. The summed E-state index contributed by atoms with van der Waals surface area (Å²) >= 11 is 0. The Bertz CT molecular complexity index is 1090. The van der Waals surface area contributed by atoms with E-state index in [0.717, 1.165) is 28.3 Å². The van der Waals surface area contributed by atoms with Gasteiger partial charge >= 0.3 is 0 Å². The summed E-state index contributed by atoms with van der Waals surface area (Å²) in [5.74, 6) is 0.604. The van der Waals surface area contributed by atoms with Crippen molar-refractivity contribution in [3.8, 4) is 5.75 Å². The molecule has 2 aromatic rings. The minimum Gasteiger partial charge on any atom is -0.496 e. The highest BCUT2D eigenvalue weighted by atomic mass is 16.5. The summed E-state index contributed by atoms with van der Waals surface area (Å²) in [7, 11) is 1.64. The number of hydrogen-bond donors (Lipinski definition) is 1. The number of methoxy groups -OCH3 is 1. The second-order valence-corrected chi connectivity index (χ2v) is 7.37. The largest absolute Gasteiger partial charge is 0.496 e. The number of benzene rings is 1. The predicted molar refractivity (Wildman–Crippen MR) is 120 cm³/mol. The van der Waals surface area contributed by atoms with Gasteiger partial charge in [0.2, 0.25) is 5.91 Å². The van der Waals surface area contributed by atoms with Crippen LogP contribution in [0.15, 0.2) is 46.4 Å². The molecule has 2 heterocycles. The van der Waals surface area contributed by atoms with E-state index in [-0.39, 0.29) is 17.4 Å². The molecular formula is C23H27N5O3. The van der Waals surface area contributed by atoms with Crippen molar-refractivity contribution in [2.45, 2.75) is 40.0 Å². The van der Waals surface area contributed by atoms with Gasteiger partial charge in [-0.05, 0) is 50.8 Å². The smallest absolute Gasteiger partial charge is 0.281 e. The molecule has 8 heteroatoms. The lowest BCUT2D eigenvalue weighted by atomic mass is 10.1. The highest BCUT2D eigenvalue weighted by molar-refractivity contribution is 6.27. The van der Waals surface area contributed by atoms with Gasteiger partial charge in [-0.25, -0.2) is 9.67 Å². The van der Waals surface area contributed by atoms with Crippen molar-refractivity contribution in [2.24, 2.45) is 9.98 Å². The Morgan fingerprint density at radius 3 is 2.61 bits per heavy atom. The zero-order valence-electron chi connectivity index (χ0n) is 18.4. The van der Waals surface area contributed by atoms with Crippen LogP contribution in [0, 0.1) is 13.8 Å². The molecule has 1 aliphatic rings. The summed E-state index contributed by atoms with van der Waals surface area (Å²) in [5.41, 5.74) is 4.42. The van der Waals surface area contributed by atoms with E-state index in [1.807, 2.05) is 38.1 Å². The van der Waals surface area contributed by atoms with E-state index in [1.165, 1.54) is 0 Å². The van der Waals surface area contributed by atoms with Gasteiger partial charge in [-0.15, -0.1) is 0 Å². The highest BCUT2D eigenvalue weighted by Crippen LogP contribution is 2.18. The van der Waals surface area contributed by atoms with E-state index in [2.05, 4.69) is 27.0 Å². The van der Waals surface area contributed by atoms with Gasteiger partial charge in [0.05, 0.1) is 24.1 Å². The molecule has 1 aromatic heterocycles. The van der Waals surface area contributed by atoms with Gasteiger partial charge in [0.1, 0.15) is 5.75 Å². The van der Waals surface area contributed by atoms with Crippen LogP contribution in [0.4, 0.5) is 0 Å². The van der Waals surface area contributed by atoms with Gasteiger partial charge in [0.25, 0.3) is 11.9 Å². The SMILES string of the molecule is C=C1C(=O)N=C(n2nc(C)c(CCC(=O)NCCc3ccccc3OC)c2C)N=C1C. The summed E-state index contributed by atoms with van der Waals surface area (Å²) in [4.78, 5) is 32.6. The van der Waals surface area contributed by atoms with Gasteiger partial charge in [-0.1, -0.05) is 24.8 Å². The zero-order chi connectivity index (χ0) is 22.5. The lowest BCUT2D eigenvalue weighted by molar-refractivity contribution is -0.121. The normalized spacial score (nSPS) is 13.7. The topological polar surface area (TPSA) is 97.9 Å². The molecule has 162 valence electrons. The van der Waals surface area contributed by atoms with E-state index >= 15 is 0 Å². The number of hydrogen-bond acceptors (Lipinski definition) is 5. The van der Waals surface area contributed by atoms with Crippen molar-refractivity contribution in [1.82, 2.24) is 15.1 Å². The van der Waals surface area contributed by atoms with Gasteiger partial charge in [-0.3, -0.25) is 9.59 Å². The van der Waals surface area contributed by atoms with Crippen LogP contribution in [-0.2, 0) is 22.4 Å². The maximum Gasteiger partial charge on any atom is 0.281 e. The minimum atomic E-state index is -0.411. The number of ether oxygens (including phenoxy) is 1. The Hall–Kier alpha value is -3.55. The molecule has 1 N–H and O–H groups in total. The van der Waals surface area contributed by atoms with Gasteiger partial charge in [0.15, 0.2) is 0 Å². The number of aliphatic imine (C=N–C) groups is 2. The van der Waals surface area contributed by atoms with Gasteiger partial charge in [-0.2, -0.15) is 10.1 Å². The second kappa shape index (κ2) is 9.51. The van der Waals surface area contributed by atoms with Gasteiger partial charge in [0, 0.05) is 18.7 Å². The van der Waals surface area contributed by atoms with Gasteiger partial charge < -0.3 is 10.1 Å². The van der Waals surface area contributed by atoms with Crippen molar-refractivity contribution in [3.05, 3.63) is 58.9 Å². The molecule has 0 saturated heterocycles. The second-order valence-electron chi connectivity index (χ2n) is 7.37. The number of para-hydroxylation sites is 1. The molecule has 8 nitrogen and oxygen atoms in total. The molecule has 3 rings (SSSR count). The summed E-state index contributed by atoms with van der Waals surface area (Å²) in [5, 5.41) is 7.43. The van der Waals surface area contributed by atoms with E-state index < -0.39 is 5.91 Å². The van der Waals surface area contributed by atoms with E-state index in [0.29, 0.717) is 31.5 Å². The van der Waals surface area contributed by atoms with Crippen LogP contribution in [0.25, 0.3) is 0 Å². The molecule has 0 radical (unpaired) electrons. The summed E-state index contributed by atoms with van der Waals surface area (Å²) < 4.78 is 6.89.